The number of hydrogen-bond acceptors (Lipinski definition) is 7. The number of halogens is 2. The molecule has 0 saturated heterocycles. The number of nitrogens with zero attached hydrogens (tertiary/aromatic N) is 4. The summed E-state index contributed by atoms with van der Waals surface area (Å²) in [5.74, 6) is -2.28. The minimum absolute atomic E-state index is 0.121. The molecule has 0 aliphatic heterocycles. The van der Waals surface area contributed by atoms with Gasteiger partial charge in [0.05, 0.1) is 12.3 Å². The summed E-state index contributed by atoms with van der Waals surface area (Å²) in [7, 11) is 1.69. The van der Waals surface area contributed by atoms with Crippen molar-refractivity contribution < 1.29 is 18.7 Å². The van der Waals surface area contributed by atoms with Crippen molar-refractivity contribution in [2.75, 3.05) is 17.7 Å². The van der Waals surface area contributed by atoms with Gasteiger partial charge in [0.15, 0.2) is 5.65 Å². The molecule has 0 bridgehead atoms. The van der Waals surface area contributed by atoms with Gasteiger partial charge in [-0.1, -0.05) is 0 Å². The highest BCUT2D eigenvalue weighted by Crippen LogP contribution is 2.44. The number of nitrogens with one attached hydrogen (secondary N) is 3. The first-order valence-electron chi connectivity index (χ1n) is 11.2. The lowest BCUT2D eigenvalue weighted by Gasteiger charge is -2.36. The number of amides is 1. The van der Waals surface area contributed by atoms with Crippen LogP contribution in [0.2, 0.25) is 0 Å². The molecule has 0 aromatic carbocycles. The Morgan fingerprint density at radius 2 is 2.09 bits per heavy atom. The molecule has 12 heteroatoms. The van der Waals surface area contributed by atoms with E-state index in [-0.39, 0.29) is 47.5 Å². The molecule has 34 heavy (non-hydrogen) atoms. The first kappa shape index (κ1) is 22.3. The van der Waals surface area contributed by atoms with Crippen molar-refractivity contribution in [1.29, 1.82) is 0 Å². The average Bonchev–Trinajstić information content (AvgIpc) is 3.39. The number of hydrogen-bond donors (Lipinski definition) is 4. The van der Waals surface area contributed by atoms with Crippen LogP contribution >= 0.6 is 0 Å². The second-order valence-corrected chi connectivity index (χ2v) is 8.88. The lowest BCUT2D eigenvalue weighted by molar-refractivity contribution is -0.104. The summed E-state index contributed by atoms with van der Waals surface area (Å²) in [6, 6.07) is 4.13. The number of fused-ring (bicyclic) bond motifs is 1. The molecule has 2 aliphatic rings. The third-order valence-electron chi connectivity index (χ3n) is 6.41. The van der Waals surface area contributed by atoms with Crippen LogP contribution in [0, 0.1) is 0 Å². The first-order chi connectivity index (χ1) is 16.2. The fourth-order valence-corrected chi connectivity index (χ4v) is 4.57. The zero-order valence-corrected chi connectivity index (χ0v) is 18.5. The van der Waals surface area contributed by atoms with Crippen molar-refractivity contribution in [3.8, 4) is 0 Å². The van der Waals surface area contributed by atoms with Gasteiger partial charge in [0.2, 0.25) is 0 Å². The predicted molar refractivity (Wildman–Crippen MR) is 121 cm³/mol. The highest BCUT2D eigenvalue weighted by Gasteiger charge is 2.46. The number of aliphatic hydroxyl groups is 1. The Morgan fingerprint density at radius 3 is 2.76 bits per heavy atom. The van der Waals surface area contributed by atoms with Crippen LogP contribution in [0.1, 0.15) is 48.5 Å². The summed E-state index contributed by atoms with van der Waals surface area (Å²) in [4.78, 5) is 30.3. The molecule has 4 N–H and O–H groups in total. The Balaban J connectivity index is 1.44. The second kappa shape index (κ2) is 8.35. The number of alkyl halides is 2. The van der Waals surface area contributed by atoms with E-state index < -0.39 is 23.6 Å². The topological polar surface area (TPSA) is 126 Å². The largest absolute Gasteiger partial charge is 0.393 e. The Morgan fingerprint density at radius 1 is 1.29 bits per heavy atom. The number of rotatable bonds is 6. The molecule has 1 amide bonds. The number of anilines is 3. The van der Waals surface area contributed by atoms with E-state index in [1.807, 2.05) is 0 Å². The van der Waals surface area contributed by atoms with Gasteiger partial charge in [-0.3, -0.25) is 9.59 Å². The number of aliphatic hydroxyl groups excluding tert-OH is 1. The van der Waals surface area contributed by atoms with Crippen LogP contribution in [-0.2, 0) is 0 Å². The molecule has 3 heterocycles. The normalized spacial score (nSPS) is 21.9. The van der Waals surface area contributed by atoms with Crippen molar-refractivity contribution >= 4 is 28.9 Å². The number of pyridine rings is 1. The van der Waals surface area contributed by atoms with Crippen LogP contribution in [0.4, 0.5) is 26.1 Å². The SMILES string of the molecule is CNc1cc(Nc2cccn(C3CC(F)(F)C3)c2=O)nc2c(C(=O)N[C@H]3CC[C@@H](O)C3)cnn12. The van der Waals surface area contributed by atoms with Crippen LogP contribution < -0.4 is 21.5 Å². The third-order valence-corrected chi connectivity index (χ3v) is 6.41. The molecular formula is C22H25F2N7O3. The molecule has 5 rings (SSSR count). The molecule has 0 radical (unpaired) electrons. The van der Waals surface area contributed by atoms with Crippen molar-refractivity contribution in [1.82, 2.24) is 24.5 Å². The third kappa shape index (κ3) is 4.09. The lowest BCUT2D eigenvalue weighted by atomic mass is 9.88. The quantitative estimate of drug-likeness (QED) is 0.433. The van der Waals surface area contributed by atoms with Crippen LogP contribution in [-0.4, -0.2) is 55.3 Å². The molecule has 2 fully saturated rings. The van der Waals surface area contributed by atoms with E-state index in [9.17, 15) is 23.5 Å². The molecule has 2 saturated carbocycles. The molecule has 3 aromatic heterocycles. The number of carbonyl (C=O) groups excluding carboxylic acids is 1. The predicted octanol–water partition coefficient (Wildman–Crippen LogP) is 2.29. The summed E-state index contributed by atoms with van der Waals surface area (Å²) in [6.07, 6.45) is 3.61. The Kier molecular flexibility index (Phi) is 5.47. The maximum atomic E-state index is 13.3. The van der Waals surface area contributed by atoms with Gasteiger partial charge in [0.1, 0.15) is 22.9 Å². The van der Waals surface area contributed by atoms with E-state index in [1.165, 1.54) is 21.5 Å². The van der Waals surface area contributed by atoms with Crippen molar-refractivity contribution in [2.24, 2.45) is 0 Å². The number of aromatic nitrogens is 4. The van der Waals surface area contributed by atoms with Gasteiger partial charge in [-0.05, 0) is 31.4 Å². The van der Waals surface area contributed by atoms with Crippen LogP contribution in [0.3, 0.4) is 0 Å². The molecule has 10 nitrogen and oxygen atoms in total. The molecule has 2 atom stereocenters. The van der Waals surface area contributed by atoms with Gasteiger partial charge in [-0.15, -0.1) is 0 Å². The Hall–Kier alpha value is -3.54. The standard InChI is InChI=1S/C22H25F2N7O3/c1-25-18-8-17(28-16-3-2-6-30(21(16)34)13-9-22(23,24)10-13)29-19-15(11-26-31(18)19)20(33)27-12-4-5-14(32)7-12/h2-3,6,8,11-14,25,32H,4-5,7,9-10H2,1H3,(H,27,33)(H,28,29)/t12-,14+/m0/s1. The van der Waals surface area contributed by atoms with Crippen LogP contribution in [0.5, 0.6) is 0 Å². The van der Waals surface area contributed by atoms with Gasteiger partial charge in [-0.25, -0.2) is 13.8 Å². The molecule has 0 spiro atoms. The van der Waals surface area contributed by atoms with E-state index >= 15 is 0 Å². The van der Waals surface area contributed by atoms with E-state index in [2.05, 4.69) is 26.0 Å². The Bertz CT molecular complexity index is 1300. The van der Waals surface area contributed by atoms with Gasteiger partial charge in [0, 0.05) is 44.2 Å². The maximum Gasteiger partial charge on any atom is 0.274 e. The van der Waals surface area contributed by atoms with Gasteiger partial charge >= 0.3 is 0 Å². The lowest BCUT2D eigenvalue weighted by Crippen LogP contribution is -2.41. The van der Waals surface area contributed by atoms with E-state index in [0.29, 0.717) is 25.1 Å². The minimum Gasteiger partial charge on any atom is -0.393 e. The average molecular weight is 473 g/mol. The monoisotopic (exact) mass is 473 g/mol. The summed E-state index contributed by atoms with van der Waals surface area (Å²) in [5, 5.41) is 22.8. The van der Waals surface area contributed by atoms with Gasteiger partial charge in [0.25, 0.3) is 17.4 Å². The fourth-order valence-electron chi connectivity index (χ4n) is 4.57. The first-order valence-corrected chi connectivity index (χ1v) is 11.2. The van der Waals surface area contributed by atoms with Crippen molar-refractivity contribution in [2.45, 2.75) is 56.2 Å². The smallest absolute Gasteiger partial charge is 0.274 e. The molecule has 180 valence electrons. The maximum absolute atomic E-state index is 13.3. The summed E-state index contributed by atoms with van der Waals surface area (Å²) >= 11 is 0. The summed E-state index contributed by atoms with van der Waals surface area (Å²) < 4.78 is 29.4. The zero-order chi connectivity index (χ0) is 24.0. The number of carbonyl (C=O) groups is 1. The van der Waals surface area contributed by atoms with Crippen molar-refractivity contribution in [3.05, 3.63) is 46.5 Å². The van der Waals surface area contributed by atoms with Crippen LogP contribution in [0.25, 0.3) is 5.65 Å². The van der Waals surface area contributed by atoms with E-state index in [0.717, 1.165) is 0 Å². The Labute approximate surface area is 193 Å². The van der Waals surface area contributed by atoms with Crippen molar-refractivity contribution in [3.63, 3.8) is 0 Å². The molecule has 0 unspecified atom stereocenters. The fraction of sp³-hybridized carbons (Fsp3) is 0.455. The van der Waals surface area contributed by atoms with E-state index in [4.69, 9.17) is 0 Å². The minimum atomic E-state index is -2.74. The molecular weight excluding hydrogens is 448 g/mol. The summed E-state index contributed by atoms with van der Waals surface area (Å²) in [6.45, 7) is 0. The second-order valence-electron chi connectivity index (χ2n) is 8.88. The highest BCUT2D eigenvalue weighted by atomic mass is 19.3. The van der Waals surface area contributed by atoms with Crippen LogP contribution in [0.15, 0.2) is 35.4 Å². The highest BCUT2D eigenvalue weighted by molar-refractivity contribution is 6.00. The zero-order valence-electron chi connectivity index (χ0n) is 18.5. The van der Waals surface area contributed by atoms with E-state index in [1.54, 1.807) is 25.2 Å². The van der Waals surface area contributed by atoms with Gasteiger partial charge in [-0.2, -0.15) is 9.61 Å². The molecule has 2 aliphatic carbocycles. The van der Waals surface area contributed by atoms with Gasteiger partial charge < -0.3 is 25.6 Å². The molecule has 3 aromatic rings. The summed E-state index contributed by atoms with van der Waals surface area (Å²) in [5.41, 5.74) is 0.285.